The minimum absolute atomic E-state index is 0.131. The molecule has 3 rings (SSSR count). The maximum absolute atomic E-state index is 13.5. The van der Waals surface area contributed by atoms with Gasteiger partial charge in [0.1, 0.15) is 5.82 Å². The van der Waals surface area contributed by atoms with Gasteiger partial charge in [0.15, 0.2) is 0 Å². The first-order chi connectivity index (χ1) is 9.67. The van der Waals surface area contributed by atoms with Crippen molar-refractivity contribution < 1.29 is 4.39 Å². The fourth-order valence-electron chi connectivity index (χ4n) is 3.26. The molecule has 1 unspecified atom stereocenters. The summed E-state index contributed by atoms with van der Waals surface area (Å²) in [6.45, 7) is 1.83. The second-order valence-electron chi connectivity index (χ2n) is 5.75. The standard InChI is InChI=1S/C18H20FN/c1-13-12-14(8-9-16(13)19)17(20-2)18(10-11-18)15-6-4-3-5-7-15/h3-9,12,17,20H,10-11H2,1-2H3. The van der Waals surface area contributed by atoms with Crippen LogP contribution in [0.15, 0.2) is 48.5 Å². The molecule has 1 aliphatic rings. The molecule has 0 spiro atoms. The molecule has 0 aliphatic heterocycles. The molecular weight excluding hydrogens is 249 g/mol. The summed E-state index contributed by atoms with van der Waals surface area (Å²) in [7, 11) is 1.99. The molecule has 1 fully saturated rings. The van der Waals surface area contributed by atoms with E-state index < -0.39 is 0 Å². The largest absolute Gasteiger partial charge is 0.312 e. The van der Waals surface area contributed by atoms with Crippen molar-refractivity contribution in [1.29, 1.82) is 0 Å². The van der Waals surface area contributed by atoms with E-state index in [2.05, 4.69) is 35.6 Å². The van der Waals surface area contributed by atoms with Crippen molar-refractivity contribution in [3.05, 3.63) is 71.0 Å². The molecule has 2 aromatic rings. The van der Waals surface area contributed by atoms with Gasteiger partial charge in [-0.15, -0.1) is 0 Å². The smallest absolute Gasteiger partial charge is 0.126 e. The van der Waals surface area contributed by atoms with Crippen LogP contribution in [0, 0.1) is 12.7 Å². The fraction of sp³-hybridized carbons (Fsp3) is 0.333. The van der Waals surface area contributed by atoms with Crippen LogP contribution in [0.4, 0.5) is 4.39 Å². The van der Waals surface area contributed by atoms with Gasteiger partial charge in [-0.1, -0.05) is 42.5 Å². The summed E-state index contributed by atoms with van der Waals surface area (Å²) in [5.74, 6) is -0.131. The van der Waals surface area contributed by atoms with Crippen molar-refractivity contribution in [2.45, 2.75) is 31.2 Å². The Morgan fingerprint density at radius 3 is 2.35 bits per heavy atom. The van der Waals surface area contributed by atoms with Crippen molar-refractivity contribution in [3.8, 4) is 0 Å². The zero-order chi connectivity index (χ0) is 14.2. The van der Waals surface area contributed by atoms with Crippen LogP contribution < -0.4 is 5.32 Å². The first-order valence-electron chi connectivity index (χ1n) is 7.16. The predicted octanol–water partition coefficient (Wildman–Crippen LogP) is 4.13. The summed E-state index contributed by atoms with van der Waals surface area (Å²) in [5, 5.41) is 3.44. The van der Waals surface area contributed by atoms with Gasteiger partial charge >= 0.3 is 0 Å². The van der Waals surface area contributed by atoms with Gasteiger partial charge in [-0.05, 0) is 49.6 Å². The Bertz CT molecular complexity index is 602. The second-order valence-corrected chi connectivity index (χ2v) is 5.75. The van der Waals surface area contributed by atoms with Crippen LogP contribution in [0.25, 0.3) is 0 Å². The molecule has 1 nitrogen and oxygen atoms in total. The van der Waals surface area contributed by atoms with Gasteiger partial charge in [-0.25, -0.2) is 4.39 Å². The molecule has 1 atom stereocenters. The lowest BCUT2D eigenvalue weighted by atomic mass is 9.83. The number of hydrogen-bond donors (Lipinski definition) is 1. The summed E-state index contributed by atoms with van der Waals surface area (Å²) >= 11 is 0. The molecule has 0 radical (unpaired) electrons. The van der Waals surface area contributed by atoms with Gasteiger partial charge in [0, 0.05) is 11.5 Å². The number of rotatable bonds is 4. The fourth-order valence-corrected chi connectivity index (χ4v) is 3.26. The van der Waals surface area contributed by atoms with E-state index in [0.717, 1.165) is 0 Å². The first kappa shape index (κ1) is 13.3. The lowest BCUT2D eigenvalue weighted by Crippen LogP contribution is -2.29. The third kappa shape index (κ3) is 2.14. The normalized spacial score (nSPS) is 17.8. The highest BCUT2D eigenvalue weighted by Crippen LogP contribution is 2.56. The molecule has 0 heterocycles. The Morgan fingerprint density at radius 2 is 1.80 bits per heavy atom. The van der Waals surface area contributed by atoms with E-state index in [1.165, 1.54) is 24.0 Å². The zero-order valence-electron chi connectivity index (χ0n) is 12.0. The summed E-state index contributed by atoms with van der Waals surface area (Å²) in [5.41, 5.74) is 3.43. The van der Waals surface area contributed by atoms with Gasteiger partial charge in [-0.2, -0.15) is 0 Å². The Morgan fingerprint density at radius 1 is 1.10 bits per heavy atom. The molecule has 2 heteroatoms. The topological polar surface area (TPSA) is 12.0 Å². The monoisotopic (exact) mass is 269 g/mol. The zero-order valence-corrected chi connectivity index (χ0v) is 12.0. The minimum Gasteiger partial charge on any atom is -0.312 e. The first-order valence-corrected chi connectivity index (χ1v) is 7.16. The van der Waals surface area contributed by atoms with E-state index in [1.807, 2.05) is 26.1 Å². The van der Waals surface area contributed by atoms with Crippen LogP contribution in [0.1, 0.15) is 35.6 Å². The summed E-state index contributed by atoms with van der Waals surface area (Å²) in [6.07, 6.45) is 2.36. The third-order valence-electron chi connectivity index (χ3n) is 4.49. The average Bonchev–Trinajstić information content (AvgIpc) is 3.26. The Kier molecular flexibility index (Phi) is 3.35. The molecule has 1 N–H and O–H groups in total. The van der Waals surface area contributed by atoms with E-state index in [-0.39, 0.29) is 17.3 Å². The van der Waals surface area contributed by atoms with Gasteiger partial charge in [0.2, 0.25) is 0 Å². The van der Waals surface area contributed by atoms with E-state index in [0.29, 0.717) is 5.56 Å². The minimum atomic E-state index is -0.131. The molecule has 0 aromatic heterocycles. The highest BCUT2D eigenvalue weighted by Gasteiger charge is 2.50. The van der Waals surface area contributed by atoms with Crippen molar-refractivity contribution in [3.63, 3.8) is 0 Å². The predicted molar refractivity (Wildman–Crippen MR) is 80.3 cm³/mol. The maximum Gasteiger partial charge on any atom is 0.126 e. The Balaban J connectivity index is 2.00. The van der Waals surface area contributed by atoms with Crippen LogP contribution in [-0.4, -0.2) is 7.05 Å². The molecule has 20 heavy (non-hydrogen) atoms. The summed E-state index contributed by atoms with van der Waals surface area (Å²) < 4.78 is 13.5. The van der Waals surface area contributed by atoms with Crippen LogP contribution in [-0.2, 0) is 5.41 Å². The number of benzene rings is 2. The van der Waals surface area contributed by atoms with Gasteiger partial charge in [-0.3, -0.25) is 0 Å². The molecule has 1 saturated carbocycles. The van der Waals surface area contributed by atoms with Gasteiger partial charge in [0.05, 0.1) is 0 Å². The molecule has 2 aromatic carbocycles. The van der Waals surface area contributed by atoms with Crippen molar-refractivity contribution >= 4 is 0 Å². The SMILES string of the molecule is CNC(c1ccc(F)c(C)c1)C1(c2ccccc2)CC1. The van der Waals surface area contributed by atoms with E-state index >= 15 is 0 Å². The maximum atomic E-state index is 13.5. The number of nitrogens with one attached hydrogen (secondary N) is 1. The number of halogens is 1. The number of hydrogen-bond acceptors (Lipinski definition) is 1. The Hall–Kier alpha value is -1.67. The average molecular weight is 269 g/mol. The number of aryl methyl sites for hydroxylation is 1. The van der Waals surface area contributed by atoms with Crippen LogP contribution in [0.3, 0.4) is 0 Å². The van der Waals surface area contributed by atoms with Gasteiger partial charge < -0.3 is 5.32 Å². The van der Waals surface area contributed by atoms with Crippen LogP contribution >= 0.6 is 0 Å². The Labute approximate surface area is 119 Å². The highest BCUT2D eigenvalue weighted by molar-refractivity contribution is 5.39. The third-order valence-corrected chi connectivity index (χ3v) is 4.49. The van der Waals surface area contributed by atoms with Crippen LogP contribution in [0.2, 0.25) is 0 Å². The lowest BCUT2D eigenvalue weighted by molar-refractivity contribution is 0.462. The van der Waals surface area contributed by atoms with Crippen LogP contribution in [0.5, 0.6) is 0 Å². The van der Waals surface area contributed by atoms with Crippen molar-refractivity contribution in [2.24, 2.45) is 0 Å². The van der Waals surface area contributed by atoms with Gasteiger partial charge in [0.25, 0.3) is 0 Å². The molecule has 0 bridgehead atoms. The highest BCUT2D eigenvalue weighted by atomic mass is 19.1. The number of likely N-dealkylation sites (N-methyl/N-ethyl adjacent to an activating group) is 1. The van der Waals surface area contributed by atoms with Crippen molar-refractivity contribution in [1.82, 2.24) is 5.32 Å². The molecule has 0 saturated heterocycles. The van der Waals surface area contributed by atoms with E-state index in [9.17, 15) is 4.39 Å². The lowest BCUT2D eigenvalue weighted by Gasteiger charge is -2.28. The summed E-state index contributed by atoms with van der Waals surface area (Å²) in [4.78, 5) is 0. The molecule has 1 aliphatic carbocycles. The second kappa shape index (κ2) is 5.02. The molecule has 0 amide bonds. The molecular formula is C18H20FN. The quantitative estimate of drug-likeness (QED) is 0.880. The van der Waals surface area contributed by atoms with E-state index in [4.69, 9.17) is 0 Å². The molecule has 104 valence electrons. The summed E-state index contributed by atoms with van der Waals surface area (Å²) in [6, 6.07) is 16.3. The van der Waals surface area contributed by atoms with E-state index in [1.54, 1.807) is 6.07 Å². The van der Waals surface area contributed by atoms with Crippen molar-refractivity contribution in [2.75, 3.05) is 7.05 Å².